The normalized spacial score (nSPS) is 16.7. The maximum atomic E-state index is 11.1. The Balaban J connectivity index is 1.97. The van der Waals surface area contributed by atoms with Crippen molar-refractivity contribution in [3.05, 3.63) is 56.8 Å². The molecule has 108 valence electrons. The van der Waals surface area contributed by atoms with Crippen LogP contribution < -0.4 is 10.1 Å². The third kappa shape index (κ3) is 2.69. The first-order chi connectivity index (χ1) is 10.2. The summed E-state index contributed by atoms with van der Waals surface area (Å²) in [5, 5.41) is 14.4. The van der Waals surface area contributed by atoms with Crippen LogP contribution in [0.15, 0.2) is 41.1 Å². The molecule has 0 bridgehead atoms. The molecule has 6 nitrogen and oxygen atoms in total. The van der Waals surface area contributed by atoms with E-state index in [4.69, 9.17) is 4.74 Å². The lowest BCUT2D eigenvalue weighted by Gasteiger charge is -2.27. The summed E-state index contributed by atoms with van der Waals surface area (Å²) in [6.07, 6.45) is 3.53. The second-order valence-electron chi connectivity index (χ2n) is 4.64. The number of halogens is 1. The van der Waals surface area contributed by atoms with E-state index in [-0.39, 0.29) is 11.7 Å². The van der Waals surface area contributed by atoms with E-state index < -0.39 is 4.92 Å². The highest BCUT2D eigenvalue weighted by atomic mass is 79.9. The first-order valence-corrected chi connectivity index (χ1v) is 7.22. The summed E-state index contributed by atoms with van der Waals surface area (Å²) >= 11 is 3.32. The van der Waals surface area contributed by atoms with Crippen molar-refractivity contribution in [3.63, 3.8) is 0 Å². The van der Waals surface area contributed by atoms with E-state index in [1.54, 1.807) is 6.20 Å². The molecule has 1 atom stereocenters. The van der Waals surface area contributed by atoms with E-state index in [0.29, 0.717) is 16.8 Å². The molecule has 0 aliphatic carbocycles. The molecule has 0 spiro atoms. The molecular formula is C14H12BrN3O3. The average molecular weight is 350 g/mol. The minimum absolute atomic E-state index is 0.0349. The van der Waals surface area contributed by atoms with Crippen molar-refractivity contribution in [1.82, 2.24) is 4.98 Å². The molecule has 2 heterocycles. The molecule has 0 amide bonds. The summed E-state index contributed by atoms with van der Waals surface area (Å²) in [7, 11) is 0. The van der Waals surface area contributed by atoms with Gasteiger partial charge in [0.25, 0.3) is 0 Å². The fourth-order valence-corrected chi connectivity index (χ4v) is 2.81. The number of aromatic nitrogens is 1. The van der Waals surface area contributed by atoms with Gasteiger partial charge in [-0.2, -0.15) is 0 Å². The molecule has 1 unspecified atom stereocenters. The van der Waals surface area contributed by atoms with E-state index in [0.717, 1.165) is 17.7 Å². The summed E-state index contributed by atoms with van der Waals surface area (Å²) in [4.78, 5) is 14.6. The second-order valence-corrected chi connectivity index (χ2v) is 5.50. The van der Waals surface area contributed by atoms with Crippen LogP contribution in [0.1, 0.15) is 18.0 Å². The third-order valence-electron chi connectivity index (χ3n) is 3.35. The minimum Gasteiger partial charge on any atom is -0.493 e. The van der Waals surface area contributed by atoms with Gasteiger partial charge < -0.3 is 10.1 Å². The van der Waals surface area contributed by atoms with Crippen molar-refractivity contribution >= 4 is 27.3 Å². The summed E-state index contributed by atoms with van der Waals surface area (Å²) < 4.78 is 6.17. The lowest BCUT2D eigenvalue weighted by atomic mass is 10.0. The average Bonchev–Trinajstić information content (AvgIpc) is 2.49. The van der Waals surface area contributed by atoms with Gasteiger partial charge in [0.1, 0.15) is 17.6 Å². The first kappa shape index (κ1) is 13.8. The van der Waals surface area contributed by atoms with Crippen LogP contribution in [-0.2, 0) is 0 Å². The maximum absolute atomic E-state index is 11.1. The number of rotatable bonds is 3. The number of anilines is 1. The zero-order chi connectivity index (χ0) is 14.8. The monoisotopic (exact) mass is 349 g/mol. The molecule has 0 saturated carbocycles. The predicted molar refractivity (Wildman–Crippen MR) is 81.5 cm³/mol. The largest absolute Gasteiger partial charge is 0.493 e. The lowest BCUT2D eigenvalue weighted by molar-refractivity contribution is -0.384. The molecule has 3 rings (SSSR count). The predicted octanol–water partition coefficient (Wildman–Crippen LogP) is 3.69. The van der Waals surface area contributed by atoms with Crippen LogP contribution in [0.4, 0.5) is 11.4 Å². The summed E-state index contributed by atoms with van der Waals surface area (Å²) in [6.45, 7) is 0.575. The van der Waals surface area contributed by atoms with E-state index in [1.807, 2.05) is 24.3 Å². The highest BCUT2D eigenvalue weighted by Gasteiger charge is 2.25. The Morgan fingerprint density at radius 1 is 1.38 bits per heavy atom. The topological polar surface area (TPSA) is 77.3 Å². The van der Waals surface area contributed by atoms with Crippen LogP contribution in [-0.4, -0.2) is 16.5 Å². The molecule has 0 fully saturated rings. The van der Waals surface area contributed by atoms with E-state index in [9.17, 15) is 10.1 Å². The van der Waals surface area contributed by atoms with Gasteiger partial charge in [-0.15, -0.1) is 0 Å². The van der Waals surface area contributed by atoms with Gasteiger partial charge >= 0.3 is 5.69 Å². The Kier molecular flexibility index (Phi) is 3.74. The number of nitrogens with zero attached hydrogens (tertiary/aromatic N) is 2. The lowest BCUT2D eigenvalue weighted by Crippen LogP contribution is -2.21. The third-order valence-corrected chi connectivity index (χ3v) is 3.95. The van der Waals surface area contributed by atoms with Gasteiger partial charge in [0.05, 0.1) is 22.0 Å². The van der Waals surface area contributed by atoms with Crippen LogP contribution in [0, 0.1) is 10.1 Å². The fourth-order valence-electron chi connectivity index (χ4n) is 2.37. The summed E-state index contributed by atoms with van der Waals surface area (Å²) in [5.74, 6) is 0.814. The molecule has 1 aliphatic rings. The smallest absolute Gasteiger partial charge is 0.311 e. The SMILES string of the molecule is O=[N+]([O-])c1cncc(Br)c1NC1CCOc2ccccc21. The Morgan fingerprint density at radius 2 is 2.19 bits per heavy atom. The molecule has 21 heavy (non-hydrogen) atoms. The number of nitrogens with one attached hydrogen (secondary N) is 1. The second kappa shape index (κ2) is 5.69. The fraction of sp³-hybridized carbons (Fsp3) is 0.214. The number of fused-ring (bicyclic) bond motifs is 1. The number of para-hydroxylation sites is 1. The quantitative estimate of drug-likeness (QED) is 0.675. The van der Waals surface area contributed by atoms with Gasteiger partial charge in [-0.3, -0.25) is 15.1 Å². The van der Waals surface area contributed by atoms with Crippen LogP contribution in [0.3, 0.4) is 0 Å². The van der Waals surface area contributed by atoms with Crippen molar-refractivity contribution in [1.29, 1.82) is 0 Å². The van der Waals surface area contributed by atoms with Crippen LogP contribution in [0.2, 0.25) is 0 Å². The van der Waals surface area contributed by atoms with Crippen molar-refractivity contribution in [2.24, 2.45) is 0 Å². The van der Waals surface area contributed by atoms with Crippen LogP contribution >= 0.6 is 15.9 Å². The maximum Gasteiger partial charge on any atom is 0.311 e. The van der Waals surface area contributed by atoms with Gasteiger partial charge in [0.2, 0.25) is 0 Å². The first-order valence-electron chi connectivity index (χ1n) is 6.43. The summed E-state index contributed by atoms with van der Waals surface area (Å²) in [5.41, 5.74) is 1.40. The Labute approximate surface area is 129 Å². The van der Waals surface area contributed by atoms with Crippen molar-refractivity contribution in [2.75, 3.05) is 11.9 Å². The molecule has 1 aromatic heterocycles. The number of nitro groups is 1. The molecule has 1 aromatic carbocycles. The Bertz CT molecular complexity index is 693. The molecule has 7 heteroatoms. The van der Waals surface area contributed by atoms with Gasteiger partial charge in [0, 0.05) is 18.2 Å². The van der Waals surface area contributed by atoms with Crippen molar-refractivity contribution in [3.8, 4) is 5.75 Å². The van der Waals surface area contributed by atoms with Crippen molar-refractivity contribution in [2.45, 2.75) is 12.5 Å². The Hall–Kier alpha value is -2.15. The zero-order valence-corrected chi connectivity index (χ0v) is 12.5. The number of ether oxygens (including phenoxy) is 1. The van der Waals surface area contributed by atoms with E-state index in [2.05, 4.69) is 26.2 Å². The molecule has 0 saturated heterocycles. The van der Waals surface area contributed by atoms with Crippen LogP contribution in [0.5, 0.6) is 5.75 Å². The number of benzene rings is 1. The number of hydrogen-bond donors (Lipinski definition) is 1. The minimum atomic E-state index is -0.439. The van der Waals surface area contributed by atoms with Gasteiger partial charge in [-0.1, -0.05) is 18.2 Å². The van der Waals surface area contributed by atoms with E-state index >= 15 is 0 Å². The zero-order valence-electron chi connectivity index (χ0n) is 11.0. The highest BCUT2D eigenvalue weighted by molar-refractivity contribution is 9.10. The molecule has 1 aliphatic heterocycles. The molecule has 0 radical (unpaired) electrons. The van der Waals surface area contributed by atoms with Gasteiger partial charge in [0.15, 0.2) is 0 Å². The van der Waals surface area contributed by atoms with Gasteiger partial charge in [-0.05, 0) is 22.0 Å². The number of pyridine rings is 1. The van der Waals surface area contributed by atoms with Crippen molar-refractivity contribution < 1.29 is 9.66 Å². The van der Waals surface area contributed by atoms with E-state index in [1.165, 1.54) is 6.20 Å². The summed E-state index contributed by atoms with van der Waals surface area (Å²) in [6, 6.07) is 7.67. The molecule has 1 N–H and O–H groups in total. The van der Waals surface area contributed by atoms with Crippen LogP contribution in [0.25, 0.3) is 0 Å². The highest BCUT2D eigenvalue weighted by Crippen LogP contribution is 2.38. The molecule has 2 aromatic rings. The Morgan fingerprint density at radius 3 is 3.00 bits per heavy atom. The van der Waals surface area contributed by atoms with Gasteiger partial charge in [-0.25, -0.2) is 0 Å². The molecular weight excluding hydrogens is 338 g/mol. The standard InChI is InChI=1S/C14H12BrN3O3/c15-10-7-16-8-12(18(19)20)14(10)17-11-5-6-21-13-4-2-1-3-9(11)13/h1-4,7-8,11H,5-6H2,(H,16,17). The number of hydrogen-bond acceptors (Lipinski definition) is 5.